The average molecular weight is 250 g/mol. The van der Waals surface area contributed by atoms with Crippen molar-refractivity contribution in [1.29, 1.82) is 0 Å². The van der Waals surface area contributed by atoms with Gasteiger partial charge in [-0.25, -0.2) is 4.98 Å². The number of halogens is 1. The molecule has 6 heteroatoms. The summed E-state index contributed by atoms with van der Waals surface area (Å²) in [7, 11) is 0. The van der Waals surface area contributed by atoms with E-state index in [1.54, 1.807) is 0 Å². The van der Waals surface area contributed by atoms with Crippen LogP contribution in [0, 0.1) is 6.92 Å². The third-order valence-electron chi connectivity index (χ3n) is 1.78. The maximum atomic E-state index is 11.6. The van der Waals surface area contributed by atoms with Crippen molar-refractivity contribution in [3.63, 3.8) is 0 Å². The lowest BCUT2D eigenvalue weighted by Crippen LogP contribution is -2.28. The highest BCUT2D eigenvalue weighted by molar-refractivity contribution is 7.13. The topological polar surface area (TPSA) is 68.0 Å². The molecule has 1 rings (SSSR count). The van der Waals surface area contributed by atoms with E-state index in [9.17, 15) is 4.79 Å². The first-order chi connectivity index (χ1) is 6.69. The Morgan fingerprint density at radius 1 is 1.60 bits per heavy atom. The molecule has 86 valence electrons. The number of nitrogens with one attached hydrogen (secondary N) is 1. The summed E-state index contributed by atoms with van der Waals surface area (Å²) in [5, 5.41) is 3.73. The van der Waals surface area contributed by atoms with Gasteiger partial charge in [0.15, 0.2) is 0 Å². The smallest absolute Gasteiger partial charge is 0.263 e. The number of nitrogens with two attached hydrogens (primary N) is 1. The van der Waals surface area contributed by atoms with E-state index >= 15 is 0 Å². The lowest BCUT2D eigenvalue weighted by atomic mass is 10.3. The molecule has 0 atom stereocenters. The summed E-state index contributed by atoms with van der Waals surface area (Å²) in [5.74, 6) is -0.0647. The van der Waals surface area contributed by atoms with Crippen LogP contribution >= 0.6 is 23.7 Å². The minimum absolute atomic E-state index is 0. The third-order valence-corrected chi connectivity index (χ3v) is 3.08. The Kier molecular flexibility index (Phi) is 6.47. The summed E-state index contributed by atoms with van der Waals surface area (Å²) < 4.78 is 0. The summed E-state index contributed by atoms with van der Waals surface area (Å²) in [6.07, 6.45) is 0.871. The maximum absolute atomic E-state index is 11.6. The number of carbonyl (C=O) groups excluding carboxylic acids is 1. The van der Waals surface area contributed by atoms with E-state index in [1.165, 1.54) is 11.3 Å². The van der Waals surface area contributed by atoms with Crippen LogP contribution in [0.15, 0.2) is 0 Å². The number of thiazole rings is 1. The molecule has 4 nitrogen and oxygen atoms in total. The van der Waals surface area contributed by atoms with Gasteiger partial charge in [0.05, 0.1) is 10.7 Å². The molecule has 0 spiro atoms. The lowest BCUT2D eigenvalue weighted by molar-refractivity contribution is 0.0958. The predicted octanol–water partition coefficient (Wildman–Crippen LogP) is 1.12. The van der Waals surface area contributed by atoms with Gasteiger partial charge in [0.1, 0.15) is 4.88 Å². The molecule has 1 aromatic heterocycles. The van der Waals surface area contributed by atoms with Crippen molar-refractivity contribution < 1.29 is 4.79 Å². The van der Waals surface area contributed by atoms with E-state index in [2.05, 4.69) is 10.3 Å². The van der Waals surface area contributed by atoms with E-state index in [-0.39, 0.29) is 18.3 Å². The number of carbonyl (C=O) groups is 1. The molecule has 0 aliphatic rings. The molecule has 1 aromatic rings. The molecule has 0 bridgehead atoms. The summed E-state index contributed by atoms with van der Waals surface area (Å²) in [4.78, 5) is 16.5. The van der Waals surface area contributed by atoms with Crippen LogP contribution in [0.25, 0.3) is 0 Å². The average Bonchev–Trinajstić information content (AvgIpc) is 2.56. The second kappa shape index (κ2) is 6.76. The van der Waals surface area contributed by atoms with E-state index < -0.39 is 0 Å². The number of aromatic nitrogens is 1. The molecule has 0 aromatic carbocycles. The fraction of sp³-hybridized carbons (Fsp3) is 0.556. The van der Waals surface area contributed by atoms with Crippen LogP contribution < -0.4 is 11.1 Å². The van der Waals surface area contributed by atoms with Gasteiger partial charge < -0.3 is 11.1 Å². The van der Waals surface area contributed by atoms with Gasteiger partial charge in [-0.2, -0.15) is 0 Å². The molecule has 3 N–H and O–H groups in total. The first kappa shape index (κ1) is 14.3. The largest absolute Gasteiger partial charge is 0.350 e. The molecule has 0 radical (unpaired) electrons. The second-order valence-electron chi connectivity index (χ2n) is 2.92. The van der Waals surface area contributed by atoms with Gasteiger partial charge in [0.25, 0.3) is 5.91 Å². The van der Waals surface area contributed by atoms with Crippen LogP contribution in [0.4, 0.5) is 0 Å². The third kappa shape index (κ3) is 3.77. The molecule has 0 saturated carbocycles. The van der Waals surface area contributed by atoms with Gasteiger partial charge in [-0.3, -0.25) is 4.79 Å². The van der Waals surface area contributed by atoms with Gasteiger partial charge >= 0.3 is 0 Å². The Morgan fingerprint density at radius 2 is 2.27 bits per heavy atom. The number of aryl methyl sites for hydroxylation is 2. The minimum Gasteiger partial charge on any atom is -0.350 e. The van der Waals surface area contributed by atoms with Crippen molar-refractivity contribution in [2.75, 3.05) is 13.1 Å². The van der Waals surface area contributed by atoms with Crippen LogP contribution in [-0.4, -0.2) is 24.0 Å². The second-order valence-corrected chi connectivity index (χ2v) is 4.00. The van der Waals surface area contributed by atoms with Crippen LogP contribution in [0.3, 0.4) is 0 Å². The molecule has 1 amide bonds. The van der Waals surface area contributed by atoms with Crippen LogP contribution in [0.1, 0.15) is 27.3 Å². The number of hydrogen-bond donors (Lipinski definition) is 2. The molecule has 15 heavy (non-hydrogen) atoms. The standard InChI is InChI=1S/C9H15N3OS.ClH/c1-3-7-12-6(2)8(14-7)9(13)11-5-4-10;/h3-5,10H2,1-2H3,(H,11,13);1H. The van der Waals surface area contributed by atoms with Crippen molar-refractivity contribution in [2.24, 2.45) is 5.73 Å². The maximum Gasteiger partial charge on any atom is 0.263 e. The molecule has 0 fully saturated rings. The van der Waals surface area contributed by atoms with Gasteiger partial charge in [0.2, 0.25) is 0 Å². The monoisotopic (exact) mass is 249 g/mol. The Labute approximate surface area is 99.7 Å². The molecule has 0 aliphatic heterocycles. The molecular formula is C9H16ClN3OS. The number of rotatable bonds is 4. The summed E-state index contributed by atoms with van der Waals surface area (Å²) in [6, 6.07) is 0. The first-order valence-electron chi connectivity index (χ1n) is 4.63. The highest BCUT2D eigenvalue weighted by atomic mass is 35.5. The zero-order valence-corrected chi connectivity index (χ0v) is 10.5. The number of amides is 1. The van der Waals surface area contributed by atoms with Crippen LogP contribution in [0.5, 0.6) is 0 Å². The fourth-order valence-corrected chi connectivity index (χ4v) is 2.00. The van der Waals surface area contributed by atoms with Crippen molar-refractivity contribution in [2.45, 2.75) is 20.3 Å². The van der Waals surface area contributed by atoms with Gasteiger partial charge in [-0.05, 0) is 13.3 Å². The van der Waals surface area contributed by atoms with Crippen molar-refractivity contribution in [3.8, 4) is 0 Å². The zero-order chi connectivity index (χ0) is 10.6. The number of hydrogen-bond acceptors (Lipinski definition) is 4. The van der Waals surface area contributed by atoms with E-state index in [0.717, 1.165) is 17.1 Å². The zero-order valence-electron chi connectivity index (χ0n) is 8.87. The Morgan fingerprint density at radius 3 is 2.73 bits per heavy atom. The summed E-state index contributed by atoms with van der Waals surface area (Å²) in [5.41, 5.74) is 6.10. The molecule has 0 aliphatic carbocycles. The Balaban J connectivity index is 0.00000196. The highest BCUT2D eigenvalue weighted by Gasteiger charge is 2.13. The van der Waals surface area contributed by atoms with Crippen molar-refractivity contribution in [3.05, 3.63) is 15.6 Å². The van der Waals surface area contributed by atoms with Gasteiger partial charge in [0, 0.05) is 13.1 Å². The fourth-order valence-electron chi connectivity index (χ4n) is 1.08. The molecule has 1 heterocycles. The van der Waals surface area contributed by atoms with Gasteiger partial charge in [-0.15, -0.1) is 23.7 Å². The van der Waals surface area contributed by atoms with E-state index in [1.807, 2.05) is 13.8 Å². The van der Waals surface area contributed by atoms with Crippen molar-refractivity contribution in [1.82, 2.24) is 10.3 Å². The van der Waals surface area contributed by atoms with E-state index in [0.29, 0.717) is 18.0 Å². The van der Waals surface area contributed by atoms with Crippen LogP contribution in [0.2, 0.25) is 0 Å². The summed E-state index contributed by atoms with van der Waals surface area (Å²) in [6.45, 7) is 4.86. The SMILES string of the molecule is CCc1nc(C)c(C(=O)NCCN)s1.Cl. The molecular weight excluding hydrogens is 234 g/mol. The van der Waals surface area contributed by atoms with Crippen LogP contribution in [-0.2, 0) is 6.42 Å². The molecule has 0 saturated heterocycles. The highest BCUT2D eigenvalue weighted by Crippen LogP contribution is 2.17. The quantitative estimate of drug-likeness (QED) is 0.841. The summed E-state index contributed by atoms with van der Waals surface area (Å²) >= 11 is 1.45. The lowest BCUT2D eigenvalue weighted by Gasteiger charge is -2.00. The van der Waals surface area contributed by atoms with E-state index in [4.69, 9.17) is 5.73 Å². The van der Waals surface area contributed by atoms with Crippen molar-refractivity contribution >= 4 is 29.7 Å². The predicted molar refractivity (Wildman–Crippen MR) is 64.9 cm³/mol. The normalized spacial score (nSPS) is 9.53. The number of nitrogens with zero attached hydrogens (tertiary/aromatic N) is 1. The first-order valence-corrected chi connectivity index (χ1v) is 5.45. The molecule has 0 unspecified atom stereocenters. The Hall–Kier alpha value is -0.650. The Bertz CT molecular complexity index is 327. The minimum atomic E-state index is -0.0647. The van der Waals surface area contributed by atoms with Gasteiger partial charge in [-0.1, -0.05) is 6.92 Å².